The highest BCUT2D eigenvalue weighted by Gasteiger charge is 2.44. The van der Waals surface area contributed by atoms with Crippen LogP contribution < -0.4 is 19.9 Å². The number of ether oxygens (including phenoxy) is 1. The first-order valence-corrected chi connectivity index (χ1v) is 21.9. The molecule has 0 radical (unpaired) electrons. The lowest BCUT2D eigenvalue weighted by Gasteiger charge is -2.38. The quantitative estimate of drug-likeness (QED) is 0.104. The Morgan fingerprint density at radius 1 is 0.839 bits per heavy atom. The van der Waals surface area contributed by atoms with Crippen LogP contribution in [0.15, 0.2) is 66.9 Å². The lowest BCUT2D eigenvalue weighted by molar-refractivity contribution is -0.132. The second-order valence-electron chi connectivity index (χ2n) is 17.3. The Morgan fingerprint density at radius 2 is 1.61 bits per heavy atom. The molecule has 62 heavy (non-hydrogen) atoms. The van der Waals surface area contributed by atoms with Crippen LogP contribution in [0.1, 0.15) is 95.3 Å². The molecule has 3 aliphatic heterocycles. The molecule has 14 heteroatoms. The number of nitrogens with zero attached hydrogens (tertiary/aromatic N) is 6. The van der Waals surface area contributed by atoms with Crippen molar-refractivity contribution in [3.63, 3.8) is 0 Å². The van der Waals surface area contributed by atoms with E-state index < -0.39 is 17.9 Å². The van der Waals surface area contributed by atoms with Crippen LogP contribution >= 0.6 is 0 Å². The lowest BCUT2D eigenvalue weighted by atomic mass is 9.92. The fourth-order valence-corrected chi connectivity index (χ4v) is 9.92. The second-order valence-corrected chi connectivity index (χ2v) is 17.3. The minimum atomic E-state index is -0.874. The third kappa shape index (κ3) is 8.38. The molecule has 2 aliphatic carbocycles. The van der Waals surface area contributed by atoms with E-state index in [1.54, 1.807) is 36.5 Å². The van der Waals surface area contributed by atoms with E-state index in [1.807, 2.05) is 24.3 Å². The normalized spacial score (nSPS) is 22.5. The first-order valence-electron chi connectivity index (χ1n) is 21.9. The summed E-state index contributed by atoms with van der Waals surface area (Å²) in [7, 11) is 0. The van der Waals surface area contributed by atoms with Gasteiger partial charge >= 0.3 is 0 Å². The minimum Gasteiger partial charge on any atom is -0.490 e. The van der Waals surface area contributed by atoms with E-state index in [0.717, 1.165) is 107 Å². The highest BCUT2D eigenvalue weighted by Crippen LogP contribution is 2.36. The molecule has 5 aliphatic rings. The summed E-state index contributed by atoms with van der Waals surface area (Å²) in [6.45, 7) is 13.2. The minimum absolute atomic E-state index is 0.0132. The monoisotopic (exact) mass is 839 g/mol. The van der Waals surface area contributed by atoms with Gasteiger partial charge in [0.1, 0.15) is 17.3 Å². The summed E-state index contributed by atoms with van der Waals surface area (Å²) in [5.74, 6) is -0.848. The number of imide groups is 1. The number of hydrogen-bond acceptors (Lipinski definition) is 10. The van der Waals surface area contributed by atoms with Crippen molar-refractivity contribution in [1.82, 2.24) is 20.1 Å². The molecule has 1 N–H and O–H groups in total. The molecule has 2 saturated carbocycles. The van der Waals surface area contributed by atoms with Crippen molar-refractivity contribution in [3.05, 3.63) is 101 Å². The van der Waals surface area contributed by atoms with Crippen LogP contribution in [0.3, 0.4) is 0 Å². The zero-order valence-electron chi connectivity index (χ0n) is 34.7. The van der Waals surface area contributed by atoms with Gasteiger partial charge in [0, 0.05) is 74.6 Å². The molecular formula is C48H50FN7O6. The lowest BCUT2D eigenvalue weighted by Crippen LogP contribution is -2.47. The fourth-order valence-electron chi connectivity index (χ4n) is 9.92. The number of aromatic nitrogens is 1. The number of pyridine rings is 1. The summed E-state index contributed by atoms with van der Waals surface area (Å²) in [5.41, 5.74) is 3.48. The maximum absolute atomic E-state index is 15.5. The summed E-state index contributed by atoms with van der Waals surface area (Å²) in [4.78, 5) is 79.8. The van der Waals surface area contributed by atoms with E-state index in [-0.39, 0.29) is 54.7 Å². The van der Waals surface area contributed by atoms with Crippen LogP contribution in [0.2, 0.25) is 0 Å². The topological polar surface area (TPSA) is 137 Å². The number of piperidine rings is 1. The van der Waals surface area contributed by atoms with Gasteiger partial charge in [-0.2, -0.15) is 0 Å². The van der Waals surface area contributed by atoms with Crippen LogP contribution in [-0.4, -0.2) is 108 Å². The van der Waals surface area contributed by atoms with Crippen LogP contribution in [0.25, 0.3) is 15.7 Å². The number of amides is 3. The average Bonchev–Trinajstić information content (AvgIpc) is 3.54. The predicted molar refractivity (Wildman–Crippen MR) is 231 cm³/mol. The molecule has 3 aromatic carbocycles. The number of halogens is 1. The highest BCUT2D eigenvalue weighted by atomic mass is 19.1. The van der Waals surface area contributed by atoms with Gasteiger partial charge < -0.3 is 19.9 Å². The summed E-state index contributed by atoms with van der Waals surface area (Å²) in [5, 5.41) is 3.92. The standard InChI is InChI=1S/C48H50FN7O6/c1-50-40-12-15-44(37-3-2-19-51-45(37)40)62-35-9-5-32(6-10-35)52-46(59)31-4-13-41(39(49)27-31)55-21-17-30(18-22-55)16-20-53-23-25-54(26-24-53)33-7-11-36-38(28-33)48(61)56(47(36)60)42-14-8-34(57)29-43(42)58/h2-4,7,11-13,15,19,27-28,30,32,35,42H,5-6,8-10,14,16-18,20-26,29H2,(H,52,59). The van der Waals surface area contributed by atoms with Gasteiger partial charge in [-0.25, -0.2) is 9.24 Å². The Balaban J connectivity index is 0.697. The van der Waals surface area contributed by atoms with E-state index >= 15 is 4.39 Å². The second kappa shape index (κ2) is 17.6. The Bertz CT molecular complexity index is 2460. The number of ketones is 2. The first-order chi connectivity index (χ1) is 30.1. The first kappa shape index (κ1) is 41.2. The van der Waals surface area contributed by atoms with Gasteiger partial charge in [-0.15, -0.1) is 0 Å². The van der Waals surface area contributed by atoms with Gasteiger partial charge in [-0.1, -0.05) is 6.07 Å². The number of carbonyl (C=O) groups is 5. The van der Waals surface area contributed by atoms with Gasteiger partial charge in [-0.05, 0) is 118 Å². The molecule has 2 saturated heterocycles. The van der Waals surface area contributed by atoms with Crippen molar-refractivity contribution in [2.45, 2.75) is 82.4 Å². The Morgan fingerprint density at radius 3 is 2.35 bits per heavy atom. The third-order valence-electron chi connectivity index (χ3n) is 13.5. The molecule has 4 heterocycles. The third-order valence-corrected chi connectivity index (χ3v) is 13.5. The summed E-state index contributed by atoms with van der Waals surface area (Å²) < 4.78 is 21.9. The maximum atomic E-state index is 15.5. The molecule has 9 rings (SSSR count). The number of benzene rings is 3. The number of piperazine rings is 1. The van der Waals surface area contributed by atoms with Gasteiger partial charge in [0.15, 0.2) is 5.78 Å². The van der Waals surface area contributed by atoms with Crippen molar-refractivity contribution in [3.8, 4) is 5.75 Å². The Kier molecular flexibility index (Phi) is 11.7. The average molecular weight is 840 g/mol. The number of Topliss-reactive ketones (excluding diaryl/α,β-unsaturated/α-hetero) is 2. The molecule has 0 bridgehead atoms. The number of carbonyl (C=O) groups excluding carboxylic acids is 5. The molecule has 4 fully saturated rings. The van der Waals surface area contributed by atoms with E-state index in [0.29, 0.717) is 45.2 Å². The largest absolute Gasteiger partial charge is 0.490 e. The Labute approximate surface area is 360 Å². The van der Waals surface area contributed by atoms with Crippen molar-refractivity contribution in [2.75, 3.05) is 55.6 Å². The predicted octanol–water partition coefficient (Wildman–Crippen LogP) is 6.76. The van der Waals surface area contributed by atoms with Crippen molar-refractivity contribution in [1.29, 1.82) is 0 Å². The molecule has 1 aromatic heterocycles. The van der Waals surface area contributed by atoms with Gasteiger partial charge in [-0.3, -0.25) is 38.8 Å². The summed E-state index contributed by atoms with van der Waals surface area (Å²) in [6.07, 6.45) is 7.83. The zero-order valence-corrected chi connectivity index (χ0v) is 34.7. The van der Waals surface area contributed by atoms with Crippen LogP contribution in [0.4, 0.5) is 21.5 Å². The summed E-state index contributed by atoms with van der Waals surface area (Å²) in [6, 6.07) is 16.6. The van der Waals surface area contributed by atoms with Crippen LogP contribution in [0.5, 0.6) is 5.75 Å². The van der Waals surface area contributed by atoms with E-state index in [2.05, 4.69) is 29.8 Å². The molecule has 1 atom stereocenters. The zero-order chi connectivity index (χ0) is 42.9. The number of anilines is 2. The Hall–Kier alpha value is -6.20. The van der Waals surface area contributed by atoms with Gasteiger partial charge in [0.2, 0.25) is 5.69 Å². The fraction of sp³-hybridized carbons (Fsp3) is 0.438. The highest BCUT2D eigenvalue weighted by molar-refractivity contribution is 6.24. The number of nitrogens with one attached hydrogen (secondary N) is 1. The molecule has 1 unspecified atom stereocenters. The summed E-state index contributed by atoms with van der Waals surface area (Å²) >= 11 is 0. The van der Waals surface area contributed by atoms with E-state index in [9.17, 15) is 24.0 Å². The molecule has 13 nitrogen and oxygen atoms in total. The van der Waals surface area contributed by atoms with E-state index in [1.165, 1.54) is 6.07 Å². The van der Waals surface area contributed by atoms with Gasteiger partial charge in [0.05, 0.1) is 47.5 Å². The van der Waals surface area contributed by atoms with Crippen molar-refractivity contribution >= 4 is 57.3 Å². The van der Waals surface area contributed by atoms with Crippen LogP contribution in [0, 0.1) is 18.3 Å². The number of hydrogen-bond donors (Lipinski definition) is 1. The number of rotatable bonds is 10. The molecule has 3 amide bonds. The smallest absolute Gasteiger partial charge is 0.262 e. The molecular weight excluding hydrogens is 790 g/mol. The molecule has 320 valence electrons. The number of fused-ring (bicyclic) bond motifs is 2. The maximum Gasteiger partial charge on any atom is 0.262 e. The SMILES string of the molecule is [C-]#[N+]c1ccc(OC2CCC(NC(=O)c3ccc(N4CCC(CCN5CCN(c6ccc7c(c6)C(=O)N(C6CCC(=O)CC6=O)C7=O)CC5)CC4)c(F)c3)CC2)c2cccnc12. The molecule has 4 aromatic rings. The molecule has 0 spiro atoms. The van der Waals surface area contributed by atoms with E-state index in [4.69, 9.17) is 11.3 Å². The van der Waals surface area contributed by atoms with Crippen molar-refractivity contribution in [2.24, 2.45) is 5.92 Å². The van der Waals surface area contributed by atoms with Gasteiger partial charge in [0.25, 0.3) is 17.7 Å². The van der Waals surface area contributed by atoms with Crippen LogP contribution in [-0.2, 0) is 9.59 Å². The van der Waals surface area contributed by atoms with Crippen molar-refractivity contribution < 1.29 is 33.1 Å².